The van der Waals surface area contributed by atoms with Crippen molar-refractivity contribution in [1.29, 1.82) is 0 Å². The number of hydrogen-bond acceptors (Lipinski definition) is 6. The fourth-order valence-electron chi connectivity index (χ4n) is 3.20. The zero-order chi connectivity index (χ0) is 19.3. The second-order valence-corrected chi connectivity index (χ2v) is 8.84. The molecule has 1 aliphatic heterocycles. The minimum absolute atomic E-state index is 0.112. The van der Waals surface area contributed by atoms with Crippen LogP contribution in [0.25, 0.3) is 16.3 Å². The molecule has 0 aliphatic carbocycles. The van der Waals surface area contributed by atoms with Gasteiger partial charge in [0.15, 0.2) is 28.4 Å². The van der Waals surface area contributed by atoms with Crippen molar-refractivity contribution in [2.75, 3.05) is 6.61 Å². The fraction of sp³-hybridized carbons (Fsp3) is 0.286. The van der Waals surface area contributed by atoms with E-state index in [-0.39, 0.29) is 11.5 Å². The lowest BCUT2D eigenvalue weighted by Crippen LogP contribution is -2.21. The molecule has 1 aliphatic rings. The van der Waals surface area contributed by atoms with E-state index in [2.05, 4.69) is 55.2 Å². The van der Waals surface area contributed by atoms with Gasteiger partial charge in [-0.1, -0.05) is 68.5 Å². The van der Waals surface area contributed by atoms with Crippen LogP contribution in [0.4, 0.5) is 0 Å². The largest absolute Gasteiger partial charge is 0.485 e. The molecule has 2 aromatic carbocycles. The third-order valence-electron chi connectivity index (χ3n) is 4.80. The standard InChI is InChI=1S/C21H20N4O2S/c1-21(2,3)14-10-8-13(9-11-14)18-22-23-20-25(18)24-19(28-20)17-12-26-15-6-4-5-7-16(15)27-17/h4-11,17H,12H2,1-3H3. The number of para-hydroxylation sites is 2. The summed E-state index contributed by atoms with van der Waals surface area (Å²) < 4.78 is 13.7. The van der Waals surface area contributed by atoms with Crippen molar-refractivity contribution in [2.45, 2.75) is 32.3 Å². The molecule has 0 bridgehead atoms. The van der Waals surface area contributed by atoms with E-state index in [9.17, 15) is 0 Å². The third kappa shape index (κ3) is 2.92. The van der Waals surface area contributed by atoms with E-state index in [0.717, 1.165) is 32.9 Å². The molecule has 0 saturated carbocycles. The highest BCUT2D eigenvalue weighted by molar-refractivity contribution is 7.16. The Balaban J connectivity index is 1.46. The Morgan fingerprint density at radius 1 is 1.00 bits per heavy atom. The molecule has 0 fully saturated rings. The summed E-state index contributed by atoms with van der Waals surface area (Å²) in [5.41, 5.74) is 2.38. The molecular formula is C21H20N4O2S. The maximum Gasteiger partial charge on any atom is 0.235 e. The van der Waals surface area contributed by atoms with E-state index < -0.39 is 0 Å². The molecule has 0 N–H and O–H groups in total. The van der Waals surface area contributed by atoms with Crippen molar-refractivity contribution >= 4 is 16.3 Å². The maximum absolute atomic E-state index is 6.08. The normalized spacial score (nSPS) is 16.5. The summed E-state index contributed by atoms with van der Waals surface area (Å²) in [6.45, 7) is 7.04. The Labute approximate surface area is 166 Å². The molecule has 3 heterocycles. The highest BCUT2D eigenvalue weighted by atomic mass is 32.1. The van der Waals surface area contributed by atoms with Gasteiger partial charge >= 0.3 is 0 Å². The van der Waals surface area contributed by atoms with E-state index in [1.54, 1.807) is 4.52 Å². The SMILES string of the molecule is CC(C)(C)c1ccc(-c2nnc3sc(C4COc5ccccc5O4)nn23)cc1. The topological polar surface area (TPSA) is 61.5 Å². The van der Waals surface area contributed by atoms with Crippen molar-refractivity contribution < 1.29 is 9.47 Å². The van der Waals surface area contributed by atoms with Crippen LogP contribution in [0.15, 0.2) is 48.5 Å². The van der Waals surface area contributed by atoms with Crippen LogP contribution < -0.4 is 9.47 Å². The van der Waals surface area contributed by atoms with Crippen molar-refractivity contribution in [3.8, 4) is 22.9 Å². The molecular weight excluding hydrogens is 372 g/mol. The Bertz CT molecular complexity index is 1140. The van der Waals surface area contributed by atoms with Crippen molar-refractivity contribution in [1.82, 2.24) is 19.8 Å². The first-order chi connectivity index (χ1) is 13.5. The average molecular weight is 392 g/mol. The minimum atomic E-state index is -0.252. The predicted octanol–water partition coefficient (Wildman–Crippen LogP) is 4.66. The van der Waals surface area contributed by atoms with Crippen LogP contribution in [-0.2, 0) is 5.41 Å². The van der Waals surface area contributed by atoms with Crippen LogP contribution in [0.2, 0.25) is 0 Å². The van der Waals surface area contributed by atoms with Gasteiger partial charge in [0.25, 0.3) is 0 Å². The molecule has 142 valence electrons. The molecule has 4 aromatic rings. The first kappa shape index (κ1) is 17.2. The highest BCUT2D eigenvalue weighted by Crippen LogP contribution is 2.37. The lowest BCUT2D eigenvalue weighted by atomic mass is 9.87. The summed E-state index contributed by atoms with van der Waals surface area (Å²) in [5, 5.41) is 14.2. The minimum Gasteiger partial charge on any atom is -0.485 e. The lowest BCUT2D eigenvalue weighted by molar-refractivity contribution is 0.0904. The summed E-state index contributed by atoms with van der Waals surface area (Å²) in [4.78, 5) is 0.743. The predicted molar refractivity (Wildman–Crippen MR) is 108 cm³/mol. The maximum atomic E-state index is 6.08. The van der Waals surface area contributed by atoms with Crippen LogP contribution in [-0.4, -0.2) is 26.4 Å². The second kappa shape index (κ2) is 6.31. The van der Waals surface area contributed by atoms with Crippen molar-refractivity contribution in [2.24, 2.45) is 0 Å². The monoisotopic (exact) mass is 392 g/mol. The molecule has 7 heteroatoms. The molecule has 6 nitrogen and oxygen atoms in total. The highest BCUT2D eigenvalue weighted by Gasteiger charge is 2.27. The number of benzene rings is 2. The Kier molecular flexibility index (Phi) is 3.87. The van der Waals surface area contributed by atoms with E-state index in [1.807, 2.05) is 24.3 Å². The van der Waals surface area contributed by atoms with Gasteiger partial charge in [0, 0.05) is 5.56 Å². The van der Waals surface area contributed by atoms with Crippen LogP contribution in [0.1, 0.15) is 37.4 Å². The third-order valence-corrected chi connectivity index (χ3v) is 5.79. The molecule has 28 heavy (non-hydrogen) atoms. The molecule has 2 aromatic heterocycles. The first-order valence-electron chi connectivity index (χ1n) is 9.20. The Hall–Kier alpha value is -2.93. The van der Waals surface area contributed by atoms with E-state index >= 15 is 0 Å². The van der Waals surface area contributed by atoms with Gasteiger partial charge < -0.3 is 9.47 Å². The van der Waals surface area contributed by atoms with Crippen molar-refractivity contribution in [3.05, 3.63) is 59.1 Å². The number of fused-ring (bicyclic) bond motifs is 2. The number of rotatable bonds is 2. The Morgan fingerprint density at radius 3 is 2.50 bits per heavy atom. The molecule has 5 rings (SSSR count). The van der Waals surface area contributed by atoms with Gasteiger partial charge in [-0.05, 0) is 23.1 Å². The lowest BCUT2D eigenvalue weighted by Gasteiger charge is -2.24. The molecule has 1 unspecified atom stereocenters. The van der Waals surface area contributed by atoms with Gasteiger partial charge in [0.1, 0.15) is 6.61 Å². The Morgan fingerprint density at radius 2 is 1.75 bits per heavy atom. The second-order valence-electron chi connectivity index (χ2n) is 7.85. The summed E-state index contributed by atoms with van der Waals surface area (Å²) in [6.07, 6.45) is -0.252. The van der Waals surface area contributed by atoms with Crippen LogP contribution in [0, 0.1) is 0 Å². The van der Waals surface area contributed by atoms with Crippen LogP contribution >= 0.6 is 11.3 Å². The molecule has 0 amide bonds. The summed E-state index contributed by atoms with van der Waals surface area (Å²) >= 11 is 1.47. The number of ether oxygens (including phenoxy) is 2. The number of nitrogens with zero attached hydrogens (tertiary/aromatic N) is 4. The van der Waals surface area contributed by atoms with E-state index in [0.29, 0.717) is 6.61 Å². The summed E-state index contributed by atoms with van der Waals surface area (Å²) in [6, 6.07) is 16.1. The van der Waals surface area contributed by atoms with Gasteiger partial charge in [-0.2, -0.15) is 9.61 Å². The van der Waals surface area contributed by atoms with Crippen LogP contribution in [0.3, 0.4) is 0 Å². The van der Waals surface area contributed by atoms with Gasteiger partial charge in [0.05, 0.1) is 0 Å². The fourth-order valence-corrected chi connectivity index (χ4v) is 4.05. The number of aromatic nitrogens is 4. The van der Waals surface area contributed by atoms with Crippen LogP contribution in [0.5, 0.6) is 11.5 Å². The molecule has 1 atom stereocenters. The molecule has 0 spiro atoms. The van der Waals surface area contributed by atoms with Gasteiger partial charge in [-0.15, -0.1) is 10.2 Å². The van der Waals surface area contributed by atoms with Gasteiger partial charge in [0.2, 0.25) is 4.96 Å². The summed E-state index contributed by atoms with van der Waals surface area (Å²) in [7, 11) is 0. The summed E-state index contributed by atoms with van der Waals surface area (Å²) in [5.74, 6) is 2.24. The smallest absolute Gasteiger partial charge is 0.235 e. The number of hydrogen-bond donors (Lipinski definition) is 0. The first-order valence-corrected chi connectivity index (χ1v) is 10.0. The van der Waals surface area contributed by atoms with Crippen molar-refractivity contribution in [3.63, 3.8) is 0 Å². The quantitative estimate of drug-likeness (QED) is 0.496. The van der Waals surface area contributed by atoms with Gasteiger partial charge in [-0.25, -0.2) is 0 Å². The van der Waals surface area contributed by atoms with E-state index in [4.69, 9.17) is 14.6 Å². The van der Waals surface area contributed by atoms with E-state index in [1.165, 1.54) is 16.9 Å². The molecule has 0 saturated heterocycles. The average Bonchev–Trinajstić information content (AvgIpc) is 3.28. The van der Waals surface area contributed by atoms with Gasteiger partial charge in [-0.3, -0.25) is 0 Å². The zero-order valence-corrected chi connectivity index (χ0v) is 16.7. The molecule has 0 radical (unpaired) electrons. The zero-order valence-electron chi connectivity index (χ0n) is 15.9.